The first-order valence-corrected chi connectivity index (χ1v) is 11.4. The van der Waals surface area contributed by atoms with Crippen LogP contribution in [-0.4, -0.2) is 50.4 Å². The van der Waals surface area contributed by atoms with Crippen LogP contribution in [0.4, 0.5) is 10.5 Å². The molecule has 0 unspecified atom stereocenters. The van der Waals surface area contributed by atoms with Gasteiger partial charge in [0.05, 0.1) is 0 Å². The molecule has 27 heavy (non-hydrogen) atoms. The minimum Gasteiger partial charge on any atom is -0.339 e. The van der Waals surface area contributed by atoms with Gasteiger partial charge < -0.3 is 10.2 Å². The average Bonchev–Trinajstić information content (AvgIpc) is 2.57. The zero-order chi connectivity index (χ0) is 20.0. The van der Waals surface area contributed by atoms with Crippen LogP contribution >= 0.6 is 11.8 Å². The van der Waals surface area contributed by atoms with Crippen molar-refractivity contribution in [2.75, 3.05) is 25.2 Å². The quantitative estimate of drug-likeness (QED) is 0.699. The lowest BCUT2D eigenvalue weighted by atomic mass is 9.88. The molecular weight excluding hydrogens is 386 g/mol. The number of hydrogen-bond donors (Lipinski definition) is 2. The minimum atomic E-state index is -3.67. The summed E-state index contributed by atoms with van der Waals surface area (Å²) >= 11 is 1.08. The Hall–Kier alpha value is -1.58. The highest BCUT2D eigenvalue weighted by Crippen LogP contribution is 2.24. The summed E-state index contributed by atoms with van der Waals surface area (Å²) in [6, 6.07) is 6.62. The Morgan fingerprint density at radius 1 is 1.11 bits per heavy atom. The third kappa shape index (κ3) is 7.51. The Labute approximate surface area is 165 Å². The van der Waals surface area contributed by atoms with Crippen molar-refractivity contribution in [1.82, 2.24) is 9.62 Å². The maximum atomic E-state index is 12.2. The Balaban J connectivity index is 1.84. The second kappa shape index (κ2) is 9.57. The van der Waals surface area contributed by atoms with Gasteiger partial charge in [0.25, 0.3) is 5.24 Å². The van der Waals surface area contributed by atoms with Gasteiger partial charge in [0.2, 0.25) is 15.9 Å². The summed E-state index contributed by atoms with van der Waals surface area (Å²) in [6.45, 7) is 2.17. The van der Waals surface area contributed by atoms with Crippen LogP contribution in [0, 0.1) is 5.92 Å². The molecule has 2 N–H and O–H groups in total. The third-order valence-electron chi connectivity index (χ3n) is 4.39. The van der Waals surface area contributed by atoms with Crippen molar-refractivity contribution < 1.29 is 18.0 Å². The van der Waals surface area contributed by atoms with Gasteiger partial charge in [0, 0.05) is 30.7 Å². The summed E-state index contributed by atoms with van der Waals surface area (Å²) in [5, 5.41) is 2.49. The number of rotatable bonds is 6. The number of sulfonamides is 1. The van der Waals surface area contributed by atoms with Crippen molar-refractivity contribution in [1.29, 1.82) is 0 Å². The van der Waals surface area contributed by atoms with E-state index in [9.17, 15) is 18.0 Å². The van der Waals surface area contributed by atoms with E-state index in [4.69, 9.17) is 0 Å². The maximum absolute atomic E-state index is 12.2. The molecular formula is C18H27N3O4S2. The fourth-order valence-electron chi connectivity index (χ4n) is 2.84. The van der Waals surface area contributed by atoms with E-state index < -0.39 is 21.7 Å². The molecule has 2 amide bonds. The fraction of sp³-hybridized carbons (Fsp3) is 0.556. The van der Waals surface area contributed by atoms with E-state index in [2.05, 4.69) is 17.0 Å². The van der Waals surface area contributed by atoms with Gasteiger partial charge in [-0.3, -0.25) is 9.59 Å². The average molecular weight is 414 g/mol. The third-order valence-corrected chi connectivity index (χ3v) is 6.77. The van der Waals surface area contributed by atoms with Crippen LogP contribution in [0.15, 0.2) is 29.2 Å². The molecule has 7 nitrogen and oxygen atoms in total. The van der Waals surface area contributed by atoms with E-state index in [1.54, 1.807) is 38.4 Å². The molecule has 1 fully saturated rings. The molecule has 0 aromatic heterocycles. The molecule has 0 atom stereocenters. The first-order valence-electron chi connectivity index (χ1n) is 8.93. The summed E-state index contributed by atoms with van der Waals surface area (Å²) in [5.74, 6) is -0.561. The van der Waals surface area contributed by atoms with E-state index in [1.807, 2.05) is 0 Å². The largest absolute Gasteiger partial charge is 0.339 e. The zero-order valence-corrected chi connectivity index (χ0v) is 17.5. The van der Waals surface area contributed by atoms with Crippen LogP contribution in [-0.2, 0) is 14.8 Å². The lowest BCUT2D eigenvalue weighted by Crippen LogP contribution is -2.41. The van der Waals surface area contributed by atoms with Gasteiger partial charge in [-0.05, 0) is 67.6 Å². The smallest absolute Gasteiger partial charge is 0.285 e. The predicted molar refractivity (Wildman–Crippen MR) is 108 cm³/mol. The number of nitrogens with zero attached hydrogens (tertiary/aromatic N) is 1. The molecule has 1 aromatic rings. The Kier molecular flexibility index (Phi) is 7.69. The van der Waals surface area contributed by atoms with Gasteiger partial charge in [-0.25, -0.2) is 13.1 Å². The SMILES string of the molecule is CC1CCC(NS(=O)(=O)CC(=O)Nc2ccc(SC(=O)N(C)C)cc2)CC1. The van der Waals surface area contributed by atoms with E-state index in [-0.39, 0.29) is 11.3 Å². The van der Waals surface area contributed by atoms with E-state index in [0.717, 1.165) is 42.3 Å². The first-order chi connectivity index (χ1) is 12.6. The topological polar surface area (TPSA) is 95.6 Å². The number of carbonyl (C=O) groups is 2. The molecule has 0 radical (unpaired) electrons. The van der Waals surface area contributed by atoms with Gasteiger partial charge in [-0.15, -0.1) is 0 Å². The molecule has 2 rings (SSSR count). The molecule has 9 heteroatoms. The van der Waals surface area contributed by atoms with Gasteiger partial charge in [-0.1, -0.05) is 6.92 Å². The van der Waals surface area contributed by atoms with Crippen molar-refractivity contribution >= 4 is 38.6 Å². The highest BCUT2D eigenvalue weighted by molar-refractivity contribution is 8.13. The molecule has 1 aliphatic carbocycles. The van der Waals surface area contributed by atoms with Crippen LogP contribution in [0.25, 0.3) is 0 Å². The Morgan fingerprint density at radius 3 is 2.26 bits per heavy atom. The van der Waals surface area contributed by atoms with Crippen LogP contribution in [0.1, 0.15) is 32.6 Å². The molecule has 150 valence electrons. The van der Waals surface area contributed by atoms with Gasteiger partial charge >= 0.3 is 0 Å². The Morgan fingerprint density at radius 2 is 1.70 bits per heavy atom. The monoisotopic (exact) mass is 413 g/mol. The van der Waals surface area contributed by atoms with Gasteiger partial charge in [0.1, 0.15) is 5.75 Å². The standard InChI is InChI=1S/C18H27N3O4S2/c1-13-4-6-15(7-5-13)20-27(24,25)12-17(22)19-14-8-10-16(11-9-14)26-18(23)21(2)3/h8-11,13,15,20H,4-7,12H2,1-3H3,(H,19,22). The van der Waals surface area contributed by atoms with Crippen LogP contribution < -0.4 is 10.0 Å². The van der Waals surface area contributed by atoms with Gasteiger partial charge in [0.15, 0.2) is 0 Å². The van der Waals surface area contributed by atoms with Crippen LogP contribution in [0.2, 0.25) is 0 Å². The molecule has 1 aliphatic rings. The summed E-state index contributed by atoms with van der Waals surface area (Å²) in [5.41, 5.74) is 0.489. The lowest BCUT2D eigenvalue weighted by molar-refractivity contribution is -0.113. The van der Waals surface area contributed by atoms with E-state index >= 15 is 0 Å². The first kappa shape index (κ1) is 21.7. The summed E-state index contributed by atoms with van der Waals surface area (Å²) in [4.78, 5) is 26.0. The number of anilines is 1. The van der Waals surface area contributed by atoms with E-state index in [0.29, 0.717) is 11.6 Å². The molecule has 0 spiro atoms. The van der Waals surface area contributed by atoms with Crippen molar-refractivity contribution in [3.63, 3.8) is 0 Å². The van der Waals surface area contributed by atoms with Crippen LogP contribution in [0.5, 0.6) is 0 Å². The highest BCUT2D eigenvalue weighted by atomic mass is 32.2. The number of thioether (sulfide) groups is 1. The second-order valence-electron chi connectivity index (χ2n) is 7.17. The summed E-state index contributed by atoms with van der Waals surface area (Å²) in [6.07, 6.45) is 3.62. The normalized spacial score (nSPS) is 20.1. The van der Waals surface area contributed by atoms with E-state index in [1.165, 1.54) is 4.90 Å². The fourth-order valence-corrected chi connectivity index (χ4v) is 4.74. The number of benzene rings is 1. The van der Waals surface area contributed by atoms with Crippen molar-refractivity contribution in [3.05, 3.63) is 24.3 Å². The number of amides is 2. The molecule has 0 heterocycles. The van der Waals surface area contributed by atoms with Crippen molar-refractivity contribution in [2.24, 2.45) is 5.92 Å². The molecule has 0 bridgehead atoms. The highest BCUT2D eigenvalue weighted by Gasteiger charge is 2.24. The number of hydrogen-bond acceptors (Lipinski definition) is 5. The maximum Gasteiger partial charge on any atom is 0.285 e. The molecule has 0 saturated heterocycles. The molecule has 1 saturated carbocycles. The lowest BCUT2D eigenvalue weighted by Gasteiger charge is -2.26. The van der Waals surface area contributed by atoms with Crippen LogP contribution in [0.3, 0.4) is 0 Å². The van der Waals surface area contributed by atoms with Gasteiger partial charge in [-0.2, -0.15) is 0 Å². The second-order valence-corrected chi connectivity index (χ2v) is 9.95. The molecule has 0 aliphatic heterocycles. The summed E-state index contributed by atoms with van der Waals surface area (Å²) < 4.78 is 27.0. The predicted octanol–water partition coefficient (Wildman–Crippen LogP) is 2.90. The van der Waals surface area contributed by atoms with Crippen molar-refractivity contribution in [2.45, 2.75) is 43.5 Å². The minimum absolute atomic E-state index is 0.0791. The number of carbonyl (C=O) groups excluding carboxylic acids is 2. The molecule has 1 aromatic carbocycles. The Bertz CT molecular complexity index is 755. The van der Waals surface area contributed by atoms with Crippen molar-refractivity contribution in [3.8, 4) is 0 Å². The zero-order valence-electron chi connectivity index (χ0n) is 15.9. The number of nitrogens with one attached hydrogen (secondary N) is 2. The summed E-state index contributed by atoms with van der Waals surface area (Å²) in [7, 11) is -0.322.